The van der Waals surface area contributed by atoms with E-state index in [1.807, 2.05) is 13.1 Å². The number of aliphatic imine (C=N–C) groups is 1. The fourth-order valence-corrected chi connectivity index (χ4v) is 5.50. The number of hydrogen-bond acceptors (Lipinski definition) is 6. The van der Waals surface area contributed by atoms with Crippen molar-refractivity contribution in [3.8, 4) is 11.5 Å². The van der Waals surface area contributed by atoms with Crippen LogP contribution in [-0.4, -0.2) is 81.1 Å². The molecule has 1 atom stereocenters. The van der Waals surface area contributed by atoms with Crippen molar-refractivity contribution in [1.82, 2.24) is 15.5 Å². The van der Waals surface area contributed by atoms with E-state index >= 15 is 0 Å². The fraction of sp³-hybridized carbons (Fsp3) is 0.650. The Morgan fingerprint density at radius 2 is 2.03 bits per heavy atom. The molecule has 0 bridgehead atoms. The number of morpholine rings is 1. The van der Waals surface area contributed by atoms with Crippen LogP contribution < -0.4 is 20.1 Å². The molecule has 7 nitrogen and oxygen atoms in total. The largest absolute Gasteiger partial charge is 0.454 e. The third-order valence-corrected chi connectivity index (χ3v) is 6.95. The minimum absolute atomic E-state index is 0. The molecule has 9 heteroatoms. The number of thioether (sulfide) groups is 1. The number of guanidine groups is 1. The van der Waals surface area contributed by atoms with E-state index in [9.17, 15) is 0 Å². The van der Waals surface area contributed by atoms with Crippen molar-refractivity contribution in [1.29, 1.82) is 0 Å². The van der Waals surface area contributed by atoms with Crippen molar-refractivity contribution in [3.63, 3.8) is 0 Å². The molecule has 0 aliphatic carbocycles. The molecule has 0 saturated carbocycles. The highest BCUT2D eigenvalue weighted by molar-refractivity contribution is 14.0. The predicted molar refractivity (Wildman–Crippen MR) is 128 cm³/mol. The van der Waals surface area contributed by atoms with Gasteiger partial charge in [0.05, 0.1) is 13.2 Å². The smallest absolute Gasteiger partial charge is 0.231 e. The summed E-state index contributed by atoms with van der Waals surface area (Å²) in [6.45, 7) is 5.79. The van der Waals surface area contributed by atoms with Crippen LogP contribution in [0, 0.1) is 0 Å². The van der Waals surface area contributed by atoms with Crippen LogP contribution in [0.5, 0.6) is 11.5 Å². The molecule has 1 aromatic carbocycles. The topological polar surface area (TPSA) is 67.4 Å². The summed E-state index contributed by atoms with van der Waals surface area (Å²) in [7, 11) is 1.83. The van der Waals surface area contributed by atoms with E-state index in [0.29, 0.717) is 6.79 Å². The molecule has 0 spiro atoms. The maximum Gasteiger partial charge on any atom is 0.231 e. The first-order valence-electron chi connectivity index (χ1n) is 10.0. The van der Waals surface area contributed by atoms with Gasteiger partial charge in [-0.3, -0.25) is 9.89 Å². The number of ether oxygens (including phenoxy) is 3. The Balaban J connectivity index is 0.00000240. The molecule has 0 amide bonds. The van der Waals surface area contributed by atoms with Crippen molar-refractivity contribution in [2.45, 2.75) is 18.4 Å². The Morgan fingerprint density at radius 1 is 1.21 bits per heavy atom. The number of nitrogens with one attached hydrogen (secondary N) is 2. The summed E-state index contributed by atoms with van der Waals surface area (Å²) in [6, 6.07) is 6.13. The van der Waals surface area contributed by atoms with Gasteiger partial charge in [0.25, 0.3) is 0 Å². The van der Waals surface area contributed by atoms with Crippen molar-refractivity contribution in [2.75, 3.05) is 64.7 Å². The molecule has 0 radical (unpaired) electrons. The van der Waals surface area contributed by atoms with Crippen LogP contribution in [0.4, 0.5) is 0 Å². The lowest BCUT2D eigenvalue weighted by Gasteiger charge is -2.43. The third kappa shape index (κ3) is 5.62. The van der Waals surface area contributed by atoms with Gasteiger partial charge >= 0.3 is 0 Å². The SMILES string of the molecule is CN=C(NCCc1ccc2c(c1)OCO2)NCC1(N2CCOCC2)CCSC1.I. The van der Waals surface area contributed by atoms with E-state index in [-0.39, 0.29) is 29.5 Å². The van der Waals surface area contributed by atoms with Crippen LogP contribution in [-0.2, 0) is 11.2 Å². The van der Waals surface area contributed by atoms with Gasteiger partial charge in [-0.25, -0.2) is 0 Å². The standard InChI is InChI=1S/C20H30N4O3S.HI/c1-21-19(22-6-4-16-2-3-17-18(12-16)27-15-26-17)23-13-20(5-11-28-14-20)24-7-9-25-10-8-24;/h2-3,12H,4-11,13-15H2,1H3,(H2,21,22,23);1H. The van der Waals surface area contributed by atoms with Crippen molar-refractivity contribution in [2.24, 2.45) is 4.99 Å². The Labute approximate surface area is 194 Å². The minimum Gasteiger partial charge on any atom is -0.454 e. The fourth-order valence-electron chi connectivity index (χ4n) is 4.03. The summed E-state index contributed by atoms with van der Waals surface area (Å²) in [4.78, 5) is 7.03. The van der Waals surface area contributed by atoms with Crippen LogP contribution in [0.15, 0.2) is 23.2 Å². The van der Waals surface area contributed by atoms with E-state index in [2.05, 4.69) is 44.4 Å². The lowest BCUT2D eigenvalue weighted by molar-refractivity contribution is -0.0120. The maximum absolute atomic E-state index is 5.55. The molecule has 2 N–H and O–H groups in total. The molecular formula is C20H31IN4O3S. The van der Waals surface area contributed by atoms with Gasteiger partial charge in [-0.05, 0) is 36.3 Å². The number of hydrogen-bond donors (Lipinski definition) is 2. The normalized spacial score (nSPS) is 24.2. The monoisotopic (exact) mass is 534 g/mol. The second-order valence-electron chi connectivity index (χ2n) is 7.42. The number of nitrogens with zero attached hydrogens (tertiary/aromatic N) is 2. The lowest BCUT2D eigenvalue weighted by atomic mass is 9.95. The van der Waals surface area contributed by atoms with Crippen LogP contribution in [0.1, 0.15) is 12.0 Å². The Bertz CT molecular complexity index is 694. The van der Waals surface area contributed by atoms with Gasteiger partial charge in [0.1, 0.15) is 0 Å². The average Bonchev–Trinajstić information content (AvgIpc) is 3.41. The zero-order valence-electron chi connectivity index (χ0n) is 16.9. The first-order valence-corrected chi connectivity index (χ1v) is 11.2. The summed E-state index contributed by atoms with van der Waals surface area (Å²) in [5.74, 6) is 4.94. The van der Waals surface area contributed by atoms with Gasteiger partial charge in [-0.1, -0.05) is 6.07 Å². The van der Waals surface area contributed by atoms with Crippen molar-refractivity contribution < 1.29 is 14.2 Å². The van der Waals surface area contributed by atoms with E-state index in [4.69, 9.17) is 14.2 Å². The zero-order valence-corrected chi connectivity index (χ0v) is 20.1. The first kappa shape index (κ1) is 22.8. The van der Waals surface area contributed by atoms with E-state index in [1.165, 1.54) is 23.5 Å². The summed E-state index contributed by atoms with van der Waals surface area (Å²) in [5.41, 5.74) is 1.44. The Hall–Kier alpha value is -0.910. The number of benzene rings is 1. The van der Waals surface area contributed by atoms with Gasteiger partial charge in [-0.15, -0.1) is 24.0 Å². The predicted octanol–water partition coefficient (Wildman–Crippen LogP) is 1.95. The van der Waals surface area contributed by atoms with Crippen molar-refractivity contribution in [3.05, 3.63) is 23.8 Å². The zero-order chi connectivity index (χ0) is 19.2. The molecule has 1 aromatic rings. The minimum atomic E-state index is 0. The quantitative estimate of drug-likeness (QED) is 0.329. The molecule has 4 rings (SSSR count). The molecular weight excluding hydrogens is 503 g/mol. The average molecular weight is 534 g/mol. The highest BCUT2D eigenvalue weighted by Crippen LogP contribution is 2.34. The van der Waals surface area contributed by atoms with Crippen LogP contribution in [0.3, 0.4) is 0 Å². The molecule has 3 aliphatic rings. The van der Waals surface area contributed by atoms with E-state index in [1.54, 1.807) is 0 Å². The number of rotatable bonds is 6. The van der Waals surface area contributed by atoms with Gasteiger partial charge < -0.3 is 24.8 Å². The summed E-state index contributed by atoms with van der Waals surface area (Å²) in [5, 5.41) is 7.02. The number of fused-ring (bicyclic) bond motifs is 1. The summed E-state index contributed by atoms with van der Waals surface area (Å²) in [6.07, 6.45) is 2.13. The first-order chi connectivity index (χ1) is 13.8. The van der Waals surface area contributed by atoms with Gasteiger partial charge in [0, 0.05) is 44.5 Å². The van der Waals surface area contributed by atoms with Crippen molar-refractivity contribution >= 4 is 41.7 Å². The summed E-state index contributed by atoms with van der Waals surface area (Å²) < 4.78 is 16.4. The third-order valence-electron chi connectivity index (χ3n) is 5.72. The maximum atomic E-state index is 5.55. The highest BCUT2D eigenvalue weighted by atomic mass is 127. The lowest BCUT2D eigenvalue weighted by Crippen LogP contribution is -2.60. The van der Waals surface area contributed by atoms with Gasteiger partial charge in [-0.2, -0.15) is 11.8 Å². The molecule has 3 aliphatic heterocycles. The van der Waals surface area contributed by atoms with Gasteiger partial charge in [0.15, 0.2) is 17.5 Å². The highest BCUT2D eigenvalue weighted by Gasteiger charge is 2.40. The molecule has 2 saturated heterocycles. The molecule has 0 aromatic heterocycles. The Kier molecular flexibility index (Phi) is 8.57. The Morgan fingerprint density at radius 3 is 2.79 bits per heavy atom. The second-order valence-corrected chi connectivity index (χ2v) is 8.52. The summed E-state index contributed by atoms with van der Waals surface area (Å²) >= 11 is 2.05. The second kappa shape index (κ2) is 10.9. The number of halogens is 1. The van der Waals surface area contributed by atoms with E-state index < -0.39 is 0 Å². The van der Waals surface area contributed by atoms with Crippen LogP contribution >= 0.6 is 35.7 Å². The molecule has 1 unspecified atom stereocenters. The molecule has 3 heterocycles. The van der Waals surface area contributed by atoms with Crippen LogP contribution in [0.25, 0.3) is 0 Å². The molecule has 29 heavy (non-hydrogen) atoms. The van der Waals surface area contributed by atoms with E-state index in [0.717, 1.165) is 63.3 Å². The van der Waals surface area contributed by atoms with Gasteiger partial charge in [0.2, 0.25) is 6.79 Å². The molecule has 2 fully saturated rings. The van der Waals surface area contributed by atoms with Crippen LogP contribution in [0.2, 0.25) is 0 Å². The molecule has 162 valence electrons.